The molecular formula is C23H16Cl2N4O2. The molecule has 31 heavy (non-hydrogen) atoms. The van der Waals surface area contributed by atoms with E-state index in [9.17, 15) is 9.59 Å². The molecule has 0 unspecified atom stereocenters. The molecule has 0 bridgehead atoms. The molecule has 1 N–H and O–H groups in total. The zero-order valence-corrected chi connectivity index (χ0v) is 17.7. The molecule has 2 amide bonds. The van der Waals surface area contributed by atoms with E-state index in [1.54, 1.807) is 4.90 Å². The van der Waals surface area contributed by atoms with Crippen LogP contribution in [0.2, 0.25) is 10.2 Å². The Morgan fingerprint density at radius 2 is 1.90 bits per heavy atom. The molecule has 2 aliphatic rings. The first-order valence-corrected chi connectivity index (χ1v) is 10.5. The summed E-state index contributed by atoms with van der Waals surface area (Å²) in [6, 6.07) is 17.0. The fourth-order valence-corrected chi connectivity index (χ4v) is 4.21. The van der Waals surface area contributed by atoms with Gasteiger partial charge in [0.25, 0.3) is 11.8 Å². The highest BCUT2D eigenvalue weighted by molar-refractivity contribution is 6.41. The van der Waals surface area contributed by atoms with E-state index in [4.69, 9.17) is 28.2 Å². The van der Waals surface area contributed by atoms with Gasteiger partial charge in [0, 0.05) is 23.9 Å². The molecule has 8 heteroatoms. The summed E-state index contributed by atoms with van der Waals surface area (Å²) in [4.78, 5) is 36.6. The predicted molar refractivity (Wildman–Crippen MR) is 120 cm³/mol. The number of carbonyl (C=O) groups excluding carboxylic acids is 2. The number of rotatable bonds is 3. The number of aliphatic imine (C=N–C) groups is 1. The summed E-state index contributed by atoms with van der Waals surface area (Å²) in [6.07, 6.45) is 0.986. The minimum Gasteiger partial charge on any atom is -0.322 e. The number of nitrogens with zero attached hydrogens (tertiary/aromatic N) is 3. The van der Waals surface area contributed by atoms with E-state index in [-0.39, 0.29) is 21.6 Å². The van der Waals surface area contributed by atoms with Gasteiger partial charge >= 0.3 is 0 Å². The number of amides is 2. The molecule has 154 valence electrons. The van der Waals surface area contributed by atoms with Gasteiger partial charge in [-0.15, -0.1) is 0 Å². The van der Waals surface area contributed by atoms with Crippen LogP contribution in [0.3, 0.4) is 0 Å². The maximum Gasteiger partial charge on any atom is 0.272 e. The van der Waals surface area contributed by atoms with Gasteiger partial charge in [-0.1, -0.05) is 71.7 Å². The Kier molecular flexibility index (Phi) is 4.96. The molecule has 1 aromatic heterocycles. The third-order valence-electron chi connectivity index (χ3n) is 5.38. The molecule has 0 saturated heterocycles. The quantitative estimate of drug-likeness (QED) is 0.615. The lowest BCUT2D eigenvalue weighted by Gasteiger charge is -2.21. The second-order valence-electron chi connectivity index (χ2n) is 7.27. The zero-order valence-electron chi connectivity index (χ0n) is 16.2. The number of pyridine rings is 1. The van der Waals surface area contributed by atoms with E-state index >= 15 is 0 Å². The van der Waals surface area contributed by atoms with Crippen molar-refractivity contribution in [1.82, 2.24) is 10.3 Å². The number of aromatic nitrogens is 1. The third kappa shape index (κ3) is 3.48. The molecule has 3 heterocycles. The van der Waals surface area contributed by atoms with E-state index in [0.29, 0.717) is 12.3 Å². The highest BCUT2D eigenvalue weighted by Crippen LogP contribution is 2.36. The van der Waals surface area contributed by atoms with E-state index < -0.39 is 12.1 Å². The first kappa shape index (κ1) is 19.7. The number of anilines is 1. The van der Waals surface area contributed by atoms with Crippen molar-refractivity contribution in [3.8, 4) is 0 Å². The molecule has 2 aromatic carbocycles. The number of nitrogens with one attached hydrogen (secondary N) is 1. The molecule has 3 aromatic rings. The Morgan fingerprint density at radius 3 is 2.68 bits per heavy atom. The Morgan fingerprint density at radius 1 is 1.10 bits per heavy atom. The number of hydrogen-bond acceptors (Lipinski definition) is 4. The standard InChI is InChI=1S/C23H16Cl2N4O2/c24-17-11-15(12-26-20(17)25)22(30)28-21-23(31)29-10-9-14-7-4-8-16(19(14)29)18(27-21)13-5-2-1-3-6-13/h1-8,11-12,21H,9-10H2,(H,28,30)/t21-/m0/s1. The Hall–Kier alpha value is -3.22. The summed E-state index contributed by atoms with van der Waals surface area (Å²) in [7, 11) is 0. The summed E-state index contributed by atoms with van der Waals surface area (Å²) in [5, 5.41) is 3.00. The molecule has 0 saturated carbocycles. The van der Waals surface area contributed by atoms with Gasteiger partial charge in [0.1, 0.15) is 5.15 Å². The largest absolute Gasteiger partial charge is 0.322 e. The molecule has 0 aliphatic carbocycles. The Balaban J connectivity index is 1.59. The molecule has 1 atom stereocenters. The van der Waals surface area contributed by atoms with Crippen LogP contribution >= 0.6 is 23.2 Å². The maximum atomic E-state index is 13.4. The summed E-state index contributed by atoms with van der Waals surface area (Å²) in [5.41, 5.74) is 4.56. The van der Waals surface area contributed by atoms with Crippen LogP contribution < -0.4 is 10.2 Å². The van der Waals surface area contributed by atoms with Crippen LogP contribution in [-0.4, -0.2) is 35.2 Å². The van der Waals surface area contributed by atoms with Crippen LogP contribution in [0.15, 0.2) is 65.8 Å². The van der Waals surface area contributed by atoms with E-state index in [1.807, 2.05) is 48.5 Å². The summed E-state index contributed by atoms with van der Waals surface area (Å²) < 4.78 is 0. The van der Waals surface area contributed by atoms with Crippen LogP contribution in [0.5, 0.6) is 0 Å². The fourth-order valence-electron chi connectivity index (χ4n) is 3.94. The SMILES string of the molecule is O=C(N[C@@H]1N=C(c2ccccc2)c2cccc3c2N(CC3)C1=O)c1cnc(Cl)c(Cl)c1. The minimum absolute atomic E-state index is 0.105. The van der Waals surface area contributed by atoms with Crippen molar-refractivity contribution < 1.29 is 9.59 Å². The normalized spacial score (nSPS) is 17.1. The molecule has 6 nitrogen and oxygen atoms in total. The lowest BCUT2D eigenvalue weighted by Crippen LogP contribution is -2.47. The number of para-hydroxylation sites is 1. The Bertz CT molecular complexity index is 1240. The molecule has 0 radical (unpaired) electrons. The maximum absolute atomic E-state index is 13.4. The van der Waals surface area contributed by atoms with E-state index in [0.717, 1.165) is 28.8 Å². The first-order chi connectivity index (χ1) is 15.0. The highest BCUT2D eigenvalue weighted by atomic mass is 35.5. The van der Waals surface area contributed by atoms with Crippen LogP contribution in [0, 0.1) is 0 Å². The van der Waals surface area contributed by atoms with Gasteiger partial charge in [0.05, 0.1) is 22.0 Å². The number of halogens is 2. The van der Waals surface area contributed by atoms with Crippen LogP contribution in [0.25, 0.3) is 0 Å². The summed E-state index contributed by atoms with van der Waals surface area (Å²) in [6.45, 7) is 0.545. The molecular weight excluding hydrogens is 435 g/mol. The van der Waals surface area contributed by atoms with Gasteiger partial charge in [-0.25, -0.2) is 9.98 Å². The van der Waals surface area contributed by atoms with Gasteiger partial charge in [-0.2, -0.15) is 0 Å². The van der Waals surface area contributed by atoms with Crippen molar-refractivity contribution in [2.45, 2.75) is 12.6 Å². The van der Waals surface area contributed by atoms with Gasteiger partial charge < -0.3 is 10.2 Å². The monoisotopic (exact) mass is 450 g/mol. The predicted octanol–water partition coefficient (Wildman–Crippen LogP) is 3.88. The van der Waals surface area contributed by atoms with Crippen LogP contribution in [-0.2, 0) is 11.2 Å². The fraction of sp³-hybridized carbons (Fsp3) is 0.130. The van der Waals surface area contributed by atoms with Gasteiger partial charge in [0.2, 0.25) is 6.17 Å². The van der Waals surface area contributed by atoms with E-state index in [2.05, 4.69) is 10.3 Å². The second-order valence-corrected chi connectivity index (χ2v) is 8.03. The van der Waals surface area contributed by atoms with Crippen LogP contribution in [0.4, 0.5) is 5.69 Å². The molecule has 0 spiro atoms. The van der Waals surface area contributed by atoms with Crippen molar-refractivity contribution in [2.75, 3.05) is 11.4 Å². The molecule has 0 fully saturated rings. The Labute approximate surface area is 188 Å². The van der Waals surface area contributed by atoms with Crippen molar-refractivity contribution in [1.29, 1.82) is 0 Å². The van der Waals surface area contributed by atoms with Crippen molar-refractivity contribution >= 4 is 46.4 Å². The minimum atomic E-state index is -1.09. The lowest BCUT2D eigenvalue weighted by molar-refractivity contribution is -0.120. The highest BCUT2D eigenvalue weighted by Gasteiger charge is 2.37. The smallest absolute Gasteiger partial charge is 0.272 e. The number of benzene rings is 2. The lowest BCUT2D eigenvalue weighted by atomic mass is 9.98. The van der Waals surface area contributed by atoms with E-state index in [1.165, 1.54) is 12.3 Å². The first-order valence-electron chi connectivity index (χ1n) is 9.71. The van der Waals surface area contributed by atoms with Crippen LogP contribution in [0.1, 0.15) is 27.0 Å². The van der Waals surface area contributed by atoms with Gasteiger partial charge in [0.15, 0.2) is 0 Å². The summed E-state index contributed by atoms with van der Waals surface area (Å²) in [5.74, 6) is -0.788. The summed E-state index contributed by atoms with van der Waals surface area (Å²) >= 11 is 11.8. The van der Waals surface area contributed by atoms with Crippen molar-refractivity contribution in [2.24, 2.45) is 4.99 Å². The number of hydrogen-bond donors (Lipinski definition) is 1. The van der Waals surface area contributed by atoms with Crippen molar-refractivity contribution in [3.63, 3.8) is 0 Å². The average molecular weight is 451 g/mol. The topological polar surface area (TPSA) is 74.7 Å². The third-order valence-corrected chi connectivity index (χ3v) is 6.07. The molecule has 5 rings (SSSR count). The van der Waals surface area contributed by atoms with Crippen molar-refractivity contribution in [3.05, 3.63) is 93.2 Å². The zero-order chi connectivity index (χ0) is 21.5. The van der Waals surface area contributed by atoms with Gasteiger partial charge in [-0.3, -0.25) is 9.59 Å². The average Bonchev–Trinajstić information content (AvgIpc) is 3.18. The van der Waals surface area contributed by atoms with Gasteiger partial charge in [-0.05, 0) is 18.1 Å². The number of carbonyl (C=O) groups is 2. The molecule has 2 aliphatic heterocycles. The second kappa shape index (κ2) is 7.80.